The van der Waals surface area contributed by atoms with Crippen LogP contribution in [0.5, 0.6) is 0 Å². The van der Waals surface area contributed by atoms with Gasteiger partial charge in [-0.25, -0.2) is 0 Å². The van der Waals surface area contributed by atoms with Gasteiger partial charge in [0.15, 0.2) is 0 Å². The molecule has 3 rings (SSSR count). The zero-order valence-corrected chi connectivity index (χ0v) is 9.95. The minimum atomic E-state index is 0.521. The van der Waals surface area contributed by atoms with E-state index in [1.807, 2.05) is 0 Å². The summed E-state index contributed by atoms with van der Waals surface area (Å²) in [4.78, 5) is 0. The van der Waals surface area contributed by atoms with E-state index in [0.717, 1.165) is 11.8 Å². The third-order valence-corrected chi connectivity index (χ3v) is 4.49. The van der Waals surface area contributed by atoms with Crippen LogP contribution in [-0.2, 0) is 18.9 Å². The van der Waals surface area contributed by atoms with Crippen LogP contribution in [0.25, 0.3) is 0 Å². The molecule has 0 aromatic carbocycles. The van der Waals surface area contributed by atoms with Gasteiger partial charge in [0.1, 0.15) is 0 Å². The number of fused-ring (bicyclic) bond motifs is 2. The quantitative estimate of drug-likeness (QED) is 0.687. The van der Waals surface area contributed by atoms with Crippen molar-refractivity contribution in [3.63, 3.8) is 0 Å². The van der Waals surface area contributed by atoms with Crippen molar-refractivity contribution in [2.24, 2.45) is 18.9 Å². The molecule has 1 aromatic rings. The standard InChI is InChI=1S/C13H20N2/c1-9(2)11-7-13(11)6-4-5-10-8-14-15(3)12(10)13/h8-9,11H,4-7H2,1-3H3. The summed E-state index contributed by atoms with van der Waals surface area (Å²) in [5.41, 5.74) is 3.60. The fourth-order valence-corrected chi connectivity index (χ4v) is 3.79. The van der Waals surface area contributed by atoms with Crippen LogP contribution in [0.4, 0.5) is 0 Å². The first kappa shape index (κ1) is 9.44. The molecular formula is C13H20N2. The molecule has 82 valence electrons. The molecule has 1 spiro atoms. The van der Waals surface area contributed by atoms with Crippen molar-refractivity contribution in [2.75, 3.05) is 0 Å². The Morgan fingerprint density at radius 3 is 3.00 bits per heavy atom. The molecule has 2 unspecified atom stereocenters. The zero-order valence-electron chi connectivity index (χ0n) is 9.95. The van der Waals surface area contributed by atoms with Gasteiger partial charge in [-0.15, -0.1) is 0 Å². The third kappa shape index (κ3) is 1.14. The normalized spacial score (nSPS) is 33.5. The number of aryl methyl sites for hydroxylation is 2. The van der Waals surface area contributed by atoms with Crippen LogP contribution in [0.2, 0.25) is 0 Å². The highest BCUT2D eigenvalue weighted by molar-refractivity contribution is 5.37. The first-order chi connectivity index (χ1) is 7.15. The summed E-state index contributed by atoms with van der Waals surface area (Å²) in [7, 11) is 2.11. The predicted molar refractivity (Wildman–Crippen MR) is 60.8 cm³/mol. The second kappa shape index (κ2) is 2.87. The number of rotatable bonds is 1. The fraction of sp³-hybridized carbons (Fsp3) is 0.769. The van der Waals surface area contributed by atoms with E-state index >= 15 is 0 Å². The van der Waals surface area contributed by atoms with Crippen LogP contribution in [0.3, 0.4) is 0 Å². The van der Waals surface area contributed by atoms with Crippen LogP contribution in [-0.4, -0.2) is 9.78 Å². The summed E-state index contributed by atoms with van der Waals surface area (Å²) in [5.74, 6) is 1.73. The topological polar surface area (TPSA) is 17.8 Å². The maximum atomic E-state index is 4.44. The molecule has 1 heterocycles. The van der Waals surface area contributed by atoms with E-state index in [4.69, 9.17) is 0 Å². The lowest BCUT2D eigenvalue weighted by atomic mass is 9.81. The predicted octanol–water partition coefficient (Wildman–Crippen LogP) is 2.67. The SMILES string of the molecule is CC(C)C1CC12CCCc1cnn(C)c12. The Labute approximate surface area is 91.7 Å². The third-order valence-electron chi connectivity index (χ3n) is 4.49. The summed E-state index contributed by atoms with van der Waals surface area (Å²) in [5, 5.41) is 4.44. The van der Waals surface area contributed by atoms with E-state index in [2.05, 4.69) is 36.9 Å². The largest absolute Gasteiger partial charge is 0.272 e. The second-order valence-electron chi connectivity index (χ2n) is 5.71. The number of hydrogen-bond donors (Lipinski definition) is 0. The summed E-state index contributed by atoms with van der Waals surface area (Å²) < 4.78 is 2.14. The lowest BCUT2D eigenvalue weighted by Crippen LogP contribution is -2.22. The fourth-order valence-electron chi connectivity index (χ4n) is 3.79. The molecular weight excluding hydrogens is 184 g/mol. The Bertz CT molecular complexity index is 391. The van der Waals surface area contributed by atoms with Crippen molar-refractivity contribution >= 4 is 0 Å². The van der Waals surface area contributed by atoms with Crippen molar-refractivity contribution in [3.8, 4) is 0 Å². The van der Waals surface area contributed by atoms with Crippen LogP contribution in [0.1, 0.15) is 44.4 Å². The van der Waals surface area contributed by atoms with E-state index in [0.29, 0.717) is 5.41 Å². The minimum Gasteiger partial charge on any atom is -0.272 e. The van der Waals surface area contributed by atoms with Crippen molar-refractivity contribution in [2.45, 2.75) is 44.9 Å². The van der Waals surface area contributed by atoms with Crippen molar-refractivity contribution in [1.82, 2.24) is 9.78 Å². The number of aromatic nitrogens is 2. The average Bonchev–Trinajstić information content (AvgIpc) is 2.77. The van der Waals surface area contributed by atoms with Crippen molar-refractivity contribution in [3.05, 3.63) is 17.5 Å². The van der Waals surface area contributed by atoms with E-state index in [1.54, 1.807) is 5.69 Å². The molecule has 1 saturated carbocycles. The lowest BCUT2D eigenvalue weighted by molar-refractivity contribution is 0.411. The van der Waals surface area contributed by atoms with E-state index in [9.17, 15) is 0 Å². The van der Waals surface area contributed by atoms with Crippen molar-refractivity contribution in [1.29, 1.82) is 0 Å². The molecule has 0 N–H and O–H groups in total. The van der Waals surface area contributed by atoms with Gasteiger partial charge in [0.2, 0.25) is 0 Å². The van der Waals surface area contributed by atoms with Crippen LogP contribution < -0.4 is 0 Å². The highest BCUT2D eigenvalue weighted by Crippen LogP contribution is 2.62. The van der Waals surface area contributed by atoms with E-state index in [-0.39, 0.29) is 0 Å². The summed E-state index contributed by atoms with van der Waals surface area (Å²) in [6.07, 6.45) is 7.49. The molecule has 2 heteroatoms. The number of nitrogens with zero attached hydrogens (tertiary/aromatic N) is 2. The molecule has 2 nitrogen and oxygen atoms in total. The minimum absolute atomic E-state index is 0.521. The van der Waals surface area contributed by atoms with Gasteiger partial charge in [0.25, 0.3) is 0 Å². The second-order valence-corrected chi connectivity index (χ2v) is 5.71. The summed E-state index contributed by atoms with van der Waals surface area (Å²) >= 11 is 0. The molecule has 15 heavy (non-hydrogen) atoms. The molecule has 2 aliphatic carbocycles. The van der Waals surface area contributed by atoms with Crippen molar-refractivity contribution < 1.29 is 0 Å². The molecule has 0 amide bonds. The maximum Gasteiger partial charge on any atom is 0.0524 e. The molecule has 0 bridgehead atoms. The number of hydrogen-bond acceptors (Lipinski definition) is 1. The summed E-state index contributed by atoms with van der Waals surface area (Å²) in [6.45, 7) is 4.73. The van der Waals surface area contributed by atoms with Gasteiger partial charge in [-0.1, -0.05) is 13.8 Å². The monoisotopic (exact) mass is 204 g/mol. The molecule has 2 aliphatic rings. The molecule has 2 atom stereocenters. The Morgan fingerprint density at radius 2 is 2.33 bits per heavy atom. The molecule has 1 fully saturated rings. The summed E-state index contributed by atoms with van der Waals surface area (Å²) in [6, 6.07) is 0. The molecule has 0 aliphatic heterocycles. The van der Waals surface area contributed by atoms with Gasteiger partial charge in [-0.05, 0) is 43.1 Å². The smallest absolute Gasteiger partial charge is 0.0524 e. The molecule has 0 saturated heterocycles. The Morgan fingerprint density at radius 1 is 1.53 bits per heavy atom. The van der Waals surface area contributed by atoms with Gasteiger partial charge in [0.05, 0.1) is 6.20 Å². The highest BCUT2D eigenvalue weighted by Gasteiger charge is 2.59. The van der Waals surface area contributed by atoms with Gasteiger partial charge in [0, 0.05) is 18.2 Å². The van der Waals surface area contributed by atoms with E-state index in [1.165, 1.54) is 31.2 Å². The molecule has 0 radical (unpaired) electrons. The van der Waals surface area contributed by atoms with Crippen LogP contribution >= 0.6 is 0 Å². The van der Waals surface area contributed by atoms with Gasteiger partial charge in [-0.2, -0.15) is 5.10 Å². The molecule has 1 aromatic heterocycles. The highest BCUT2D eigenvalue weighted by atomic mass is 15.3. The van der Waals surface area contributed by atoms with Crippen LogP contribution in [0, 0.1) is 11.8 Å². The first-order valence-corrected chi connectivity index (χ1v) is 6.16. The Kier molecular flexibility index (Phi) is 1.80. The average molecular weight is 204 g/mol. The Balaban J connectivity index is 2.04. The maximum absolute atomic E-state index is 4.44. The Hall–Kier alpha value is -0.790. The lowest BCUT2D eigenvalue weighted by Gasteiger charge is -2.25. The zero-order chi connectivity index (χ0) is 10.6. The van der Waals surface area contributed by atoms with Gasteiger partial charge < -0.3 is 0 Å². The van der Waals surface area contributed by atoms with Gasteiger partial charge >= 0.3 is 0 Å². The first-order valence-electron chi connectivity index (χ1n) is 6.16. The van der Waals surface area contributed by atoms with Crippen LogP contribution in [0.15, 0.2) is 6.20 Å². The van der Waals surface area contributed by atoms with Gasteiger partial charge in [-0.3, -0.25) is 4.68 Å². The van der Waals surface area contributed by atoms with E-state index < -0.39 is 0 Å².